The number of carbonyl (C=O) groups excluding carboxylic acids is 3. The third-order valence-corrected chi connectivity index (χ3v) is 8.47. The Labute approximate surface area is 259 Å². The summed E-state index contributed by atoms with van der Waals surface area (Å²) in [6, 6.07) is 0. The molecule has 0 aromatic heterocycles. The average molecular weight is 602 g/mol. The quantitative estimate of drug-likeness (QED) is 0.126. The van der Waals surface area contributed by atoms with E-state index in [1.54, 1.807) is 18.1 Å². The standard InChI is InChI=1S/C35H55NO7/c1-7-14-31(41-5)30(38)23-28(37)19-17-25(2)15-10-8-11-16-26(3)32(42-6)24-29-20-18-27(4)34(43-29)33(39)35(40)36-21-12-9-13-22-36/h8,10-11,14-16,25,27,29-30,32,34,38H,7,9,12-13,17-24H2,1-6H3/b11-8+,15-10+,26-16+,31-14-/t25?,27-,29+,30?,32?,34?/m1/s1. The molecule has 2 heterocycles. The molecule has 0 spiro atoms. The van der Waals surface area contributed by atoms with E-state index < -0.39 is 23.9 Å². The Morgan fingerprint density at radius 2 is 1.79 bits per heavy atom. The van der Waals surface area contributed by atoms with Crippen LogP contribution in [0, 0.1) is 11.8 Å². The van der Waals surface area contributed by atoms with Gasteiger partial charge >= 0.3 is 0 Å². The van der Waals surface area contributed by atoms with Crippen molar-refractivity contribution in [1.82, 2.24) is 4.90 Å². The number of aliphatic hydroxyl groups excluding tert-OH is 1. The van der Waals surface area contributed by atoms with Crippen molar-refractivity contribution in [1.29, 1.82) is 0 Å². The first-order valence-corrected chi connectivity index (χ1v) is 16.1. The van der Waals surface area contributed by atoms with Crippen molar-refractivity contribution in [3.63, 3.8) is 0 Å². The summed E-state index contributed by atoms with van der Waals surface area (Å²) in [6.45, 7) is 9.35. The van der Waals surface area contributed by atoms with Crippen LogP contribution < -0.4 is 0 Å². The summed E-state index contributed by atoms with van der Waals surface area (Å²) >= 11 is 0. The van der Waals surface area contributed by atoms with Crippen molar-refractivity contribution in [2.24, 2.45) is 11.8 Å². The molecule has 1 amide bonds. The number of methoxy groups -OCH3 is 2. The second kappa shape index (κ2) is 19.7. The van der Waals surface area contributed by atoms with Gasteiger partial charge in [0.25, 0.3) is 5.91 Å². The van der Waals surface area contributed by atoms with E-state index in [4.69, 9.17) is 14.2 Å². The largest absolute Gasteiger partial charge is 0.499 e. The predicted molar refractivity (Wildman–Crippen MR) is 169 cm³/mol. The first-order chi connectivity index (χ1) is 20.6. The highest BCUT2D eigenvalue weighted by Gasteiger charge is 2.39. The van der Waals surface area contributed by atoms with Crippen LogP contribution in [-0.4, -0.2) is 79.2 Å². The summed E-state index contributed by atoms with van der Waals surface area (Å²) in [7, 11) is 3.19. The van der Waals surface area contributed by atoms with E-state index in [1.807, 2.05) is 45.1 Å². The monoisotopic (exact) mass is 601 g/mol. The first-order valence-electron chi connectivity index (χ1n) is 16.1. The lowest BCUT2D eigenvalue weighted by Crippen LogP contribution is -2.49. The molecule has 4 unspecified atom stereocenters. The third kappa shape index (κ3) is 12.5. The van der Waals surface area contributed by atoms with Crippen LogP contribution in [0.2, 0.25) is 0 Å². The van der Waals surface area contributed by atoms with Crippen molar-refractivity contribution in [2.45, 2.75) is 116 Å². The van der Waals surface area contributed by atoms with Gasteiger partial charge in [-0.05, 0) is 75.4 Å². The van der Waals surface area contributed by atoms with E-state index in [2.05, 4.69) is 13.0 Å². The molecular weight excluding hydrogens is 546 g/mol. The number of allylic oxidation sites excluding steroid dienone is 6. The summed E-state index contributed by atoms with van der Waals surface area (Å²) < 4.78 is 17.2. The highest BCUT2D eigenvalue weighted by molar-refractivity contribution is 6.37. The number of piperidine rings is 1. The molecule has 2 aliphatic heterocycles. The number of carbonyl (C=O) groups is 3. The topological polar surface area (TPSA) is 102 Å². The van der Waals surface area contributed by atoms with Crippen LogP contribution >= 0.6 is 0 Å². The number of ether oxygens (including phenoxy) is 3. The zero-order valence-corrected chi connectivity index (χ0v) is 27.3. The van der Waals surface area contributed by atoms with Crippen molar-refractivity contribution in [3.8, 4) is 0 Å². The number of hydrogen-bond acceptors (Lipinski definition) is 7. The van der Waals surface area contributed by atoms with E-state index in [0.29, 0.717) is 38.1 Å². The lowest BCUT2D eigenvalue weighted by atomic mass is 9.88. The highest BCUT2D eigenvalue weighted by atomic mass is 16.5. The maximum atomic E-state index is 13.1. The number of nitrogens with zero attached hydrogens (tertiary/aromatic N) is 1. The number of amides is 1. The molecule has 242 valence electrons. The number of likely N-dealkylation sites (tertiary alicyclic amines) is 1. The van der Waals surface area contributed by atoms with Crippen molar-refractivity contribution in [3.05, 3.63) is 47.8 Å². The lowest BCUT2D eigenvalue weighted by Gasteiger charge is -2.36. The molecule has 0 aliphatic carbocycles. The SMILES string of the molecule is CC/C=C(\OC)C(O)CC(=O)CCC(C)/C=C/C=C/C=C(\C)C(C[C@@H]1CC[C@@H](C)C(C(=O)C(=O)N2CCCCC2)O1)OC. The molecule has 0 bridgehead atoms. The smallest absolute Gasteiger partial charge is 0.292 e. The van der Waals surface area contributed by atoms with E-state index in [9.17, 15) is 19.5 Å². The number of aliphatic hydroxyl groups is 1. The van der Waals surface area contributed by atoms with Gasteiger partial charge in [0.15, 0.2) is 0 Å². The zero-order valence-electron chi connectivity index (χ0n) is 27.3. The Bertz CT molecular complexity index is 1010. The number of Topliss-reactive ketones (excluding diaryl/α,β-unsaturated/α-hetero) is 2. The molecule has 0 aromatic carbocycles. The van der Waals surface area contributed by atoms with Gasteiger partial charge in [0.2, 0.25) is 5.78 Å². The van der Waals surface area contributed by atoms with Crippen LogP contribution in [0.15, 0.2) is 47.8 Å². The summed E-state index contributed by atoms with van der Waals surface area (Å²) in [5.74, 6) is -0.0898. The fourth-order valence-corrected chi connectivity index (χ4v) is 5.68. The highest BCUT2D eigenvalue weighted by Crippen LogP contribution is 2.30. The minimum atomic E-state index is -0.886. The lowest BCUT2D eigenvalue weighted by molar-refractivity contribution is -0.161. The van der Waals surface area contributed by atoms with Crippen LogP contribution in [-0.2, 0) is 28.6 Å². The Balaban J connectivity index is 1.82. The predicted octanol–water partition coefficient (Wildman–Crippen LogP) is 5.89. The normalized spacial score (nSPS) is 24.3. The maximum absolute atomic E-state index is 13.1. The van der Waals surface area contributed by atoms with Gasteiger partial charge in [-0.3, -0.25) is 14.4 Å². The van der Waals surface area contributed by atoms with Crippen LogP contribution in [0.25, 0.3) is 0 Å². The molecule has 0 saturated carbocycles. The van der Waals surface area contributed by atoms with Gasteiger partial charge in [-0.2, -0.15) is 0 Å². The minimum absolute atomic E-state index is 0.0171. The van der Waals surface area contributed by atoms with Crippen LogP contribution in [0.4, 0.5) is 0 Å². The second-order valence-corrected chi connectivity index (χ2v) is 12.1. The summed E-state index contributed by atoms with van der Waals surface area (Å²) in [5.41, 5.74) is 1.05. The molecule has 2 rings (SSSR count). The molecular formula is C35H55NO7. The Kier molecular flexibility index (Phi) is 16.8. The summed E-state index contributed by atoms with van der Waals surface area (Å²) in [4.78, 5) is 39.9. The van der Waals surface area contributed by atoms with Gasteiger partial charge in [0.05, 0.1) is 19.3 Å². The zero-order chi connectivity index (χ0) is 31.8. The third-order valence-electron chi connectivity index (χ3n) is 8.47. The van der Waals surface area contributed by atoms with Gasteiger partial charge in [0.1, 0.15) is 23.8 Å². The van der Waals surface area contributed by atoms with Crippen LogP contribution in [0.3, 0.4) is 0 Å². The molecule has 1 N–H and O–H groups in total. The van der Waals surface area contributed by atoms with Crippen molar-refractivity contribution in [2.75, 3.05) is 27.3 Å². The number of rotatable bonds is 17. The fourth-order valence-electron chi connectivity index (χ4n) is 5.68. The molecule has 2 aliphatic rings. The van der Waals surface area contributed by atoms with Crippen molar-refractivity contribution < 1.29 is 33.7 Å². The molecule has 2 fully saturated rings. The maximum Gasteiger partial charge on any atom is 0.292 e. The Hall–Kier alpha value is -2.55. The first kappa shape index (κ1) is 36.6. The van der Waals surface area contributed by atoms with Crippen LogP contribution in [0.1, 0.15) is 91.9 Å². The van der Waals surface area contributed by atoms with Gasteiger partial charge in [-0.25, -0.2) is 0 Å². The molecule has 8 heteroatoms. The van der Waals surface area contributed by atoms with E-state index in [-0.39, 0.29) is 36.2 Å². The summed E-state index contributed by atoms with van der Waals surface area (Å²) in [5, 5.41) is 10.2. The summed E-state index contributed by atoms with van der Waals surface area (Å²) in [6.07, 6.45) is 17.1. The minimum Gasteiger partial charge on any atom is -0.499 e. The molecule has 43 heavy (non-hydrogen) atoms. The second-order valence-electron chi connectivity index (χ2n) is 12.1. The van der Waals surface area contributed by atoms with E-state index >= 15 is 0 Å². The van der Waals surface area contributed by atoms with Gasteiger partial charge < -0.3 is 24.2 Å². The van der Waals surface area contributed by atoms with Gasteiger partial charge in [-0.1, -0.05) is 51.2 Å². The number of ketones is 2. The van der Waals surface area contributed by atoms with Crippen molar-refractivity contribution >= 4 is 17.5 Å². The fraction of sp³-hybridized carbons (Fsp3) is 0.686. The average Bonchev–Trinajstić information content (AvgIpc) is 3.01. The Morgan fingerprint density at radius 1 is 1.07 bits per heavy atom. The molecule has 8 nitrogen and oxygen atoms in total. The molecule has 2 saturated heterocycles. The van der Waals surface area contributed by atoms with Gasteiger partial charge in [-0.15, -0.1) is 0 Å². The van der Waals surface area contributed by atoms with E-state index in [1.165, 1.54) is 7.11 Å². The van der Waals surface area contributed by atoms with Crippen LogP contribution in [0.5, 0.6) is 0 Å². The Morgan fingerprint density at radius 3 is 2.44 bits per heavy atom. The molecule has 0 radical (unpaired) electrons. The molecule has 0 aromatic rings. The molecule has 6 atom stereocenters. The number of hydrogen-bond donors (Lipinski definition) is 1. The van der Waals surface area contributed by atoms with Gasteiger partial charge in [0, 0.05) is 39.5 Å². The van der Waals surface area contributed by atoms with E-state index in [0.717, 1.165) is 44.1 Å².